The summed E-state index contributed by atoms with van der Waals surface area (Å²) in [6, 6.07) is 29.0. The number of anilines is 1. The van der Waals surface area contributed by atoms with Crippen LogP contribution in [0.5, 0.6) is 11.5 Å². The number of hydrogen-bond donors (Lipinski definition) is 0. The lowest BCUT2D eigenvalue weighted by Crippen LogP contribution is -2.56. The topological polar surface area (TPSA) is 110 Å². The van der Waals surface area contributed by atoms with Gasteiger partial charge >= 0.3 is 10.1 Å². The molecule has 0 spiro atoms. The third-order valence-electron chi connectivity index (χ3n) is 18.5. The Hall–Kier alpha value is -3.90. The first-order chi connectivity index (χ1) is 35.5. The molecular formula is C62H90FNO9SSi2. The smallest absolute Gasteiger partial charge is 0.311 e. The monoisotopic (exact) mass is 1100 g/mol. The molecule has 76 heavy (non-hydrogen) atoms. The van der Waals surface area contributed by atoms with E-state index in [0.29, 0.717) is 42.3 Å². The third kappa shape index (κ3) is 13.1. The van der Waals surface area contributed by atoms with E-state index in [1.165, 1.54) is 12.1 Å². The highest BCUT2D eigenvalue weighted by Gasteiger charge is 2.52. The van der Waals surface area contributed by atoms with Crippen LogP contribution in [0.3, 0.4) is 0 Å². The normalized spacial score (nSPS) is 28.2. The molecule has 13 atom stereocenters. The number of carbonyl (C=O) groups is 1. The summed E-state index contributed by atoms with van der Waals surface area (Å²) in [6.45, 7) is 37.1. The molecule has 0 bridgehead atoms. The van der Waals surface area contributed by atoms with E-state index in [2.05, 4.69) is 109 Å². The van der Waals surface area contributed by atoms with E-state index in [9.17, 15) is 17.6 Å². The molecule has 4 aromatic carbocycles. The molecule has 3 fully saturated rings. The number of benzene rings is 4. The zero-order valence-electron chi connectivity index (χ0n) is 48.7. The van der Waals surface area contributed by atoms with E-state index in [0.717, 1.165) is 28.9 Å². The number of ether oxygens (including phenoxy) is 3. The Morgan fingerprint density at radius 3 is 1.87 bits per heavy atom. The molecule has 3 aliphatic heterocycles. The van der Waals surface area contributed by atoms with Crippen molar-refractivity contribution >= 4 is 38.3 Å². The highest BCUT2D eigenvalue weighted by molar-refractivity contribution is 7.87. The van der Waals surface area contributed by atoms with Gasteiger partial charge in [0.1, 0.15) is 23.1 Å². The zero-order valence-corrected chi connectivity index (χ0v) is 51.5. The maximum absolute atomic E-state index is 14.9. The van der Waals surface area contributed by atoms with Gasteiger partial charge < -0.3 is 32.1 Å². The number of carbonyl (C=O) groups excluding carboxylic acids is 1. The molecule has 3 heterocycles. The molecule has 3 saturated heterocycles. The van der Waals surface area contributed by atoms with Gasteiger partial charge in [-0.25, -0.2) is 4.39 Å². The molecule has 0 aromatic heterocycles. The summed E-state index contributed by atoms with van der Waals surface area (Å²) < 4.78 is 84.6. The summed E-state index contributed by atoms with van der Waals surface area (Å²) in [5.74, 6) is 0.316. The Bertz CT molecular complexity index is 2690. The molecule has 0 aliphatic carbocycles. The predicted octanol–water partition coefficient (Wildman–Crippen LogP) is 15.7. The minimum atomic E-state index is -4.35. The second-order valence-electron chi connectivity index (χ2n) is 25.5. The van der Waals surface area contributed by atoms with Crippen molar-refractivity contribution in [3.63, 3.8) is 0 Å². The van der Waals surface area contributed by atoms with Crippen LogP contribution in [0.25, 0.3) is 11.1 Å². The second kappa shape index (κ2) is 23.4. The third-order valence-corrected chi connectivity index (χ3v) is 28.5. The second-order valence-corrected chi connectivity index (χ2v) is 36.6. The Morgan fingerprint density at radius 1 is 0.684 bits per heavy atom. The van der Waals surface area contributed by atoms with Crippen LogP contribution in [-0.2, 0) is 33.5 Å². The van der Waals surface area contributed by atoms with E-state index in [1.54, 1.807) is 23.1 Å². The standard InChI is InChI=1S/C62H90FNO9SSi2/c1-18-52-40(4)39(3)43(7)60(69-52)70-58-42(6)41(5)56(68-53(58)19-2)38-74(66,67)71-55-37-46(44-27-32-49(33-28-44)72-75(14,15)61(8,9)10)29-34-50(55)57-51(59(65)64(57)48-23-21-20-22-24-48)35-36-54(45-25-30-47(63)31-26-45)73-76(16,17)62(11,12)13/h20-34,37,39-43,51-54,56-58,60H,18-19,35-36,38H2,1-17H3/t39-,40+,41?,42+,43?,51+,52?,53?,54+,56-,57+,58+,60-/m0/s1. The number of para-hydroxylation sites is 1. The van der Waals surface area contributed by atoms with E-state index in [4.69, 9.17) is 27.2 Å². The van der Waals surface area contributed by atoms with Crippen LogP contribution in [0.2, 0.25) is 36.3 Å². The Kier molecular flexibility index (Phi) is 18.4. The summed E-state index contributed by atoms with van der Waals surface area (Å²) in [4.78, 5) is 16.5. The van der Waals surface area contributed by atoms with Crippen LogP contribution in [0, 0.1) is 41.3 Å². The van der Waals surface area contributed by atoms with Gasteiger partial charge in [0.15, 0.2) is 14.6 Å². The molecule has 14 heteroatoms. The Morgan fingerprint density at radius 2 is 1.28 bits per heavy atom. The predicted molar refractivity (Wildman–Crippen MR) is 310 cm³/mol. The maximum atomic E-state index is 14.9. The van der Waals surface area contributed by atoms with Crippen LogP contribution in [0.15, 0.2) is 97.1 Å². The summed E-state index contributed by atoms with van der Waals surface area (Å²) in [5, 5.41) is -0.0938. The van der Waals surface area contributed by atoms with Gasteiger partial charge in [0, 0.05) is 17.2 Å². The van der Waals surface area contributed by atoms with E-state index < -0.39 is 50.9 Å². The van der Waals surface area contributed by atoms with Gasteiger partial charge in [-0.05, 0) is 145 Å². The Balaban J connectivity index is 1.24. The van der Waals surface area contributed by atoms with Gasteiger partial charge in [0.05, 0.1) is 42.5 Å². The number of rotatable bonds is 19. The minimum Gasteiger partial charge on any atom is -0.544 e. The first kappa shape index (κ1) is 59.8. The minimum absolute atomic E-state index is 0.0114. The number of hydrogen-bond acceptors (Lipinski definition) is 9. The average Bonchev–Trinajstić information content (AvgIpc) is 3.35. The molecule has 4 unspecified atom stereocenters. The molecule has 7 rings (SSSR count). The van der Waals surface area contributed by atoms with Gasteiger partial charge in [0.25, 0.3) is 0 Å². The largest absolute Gasteiger partial charge is 0.544 e. The van der Waals surface area contributed by atoms with E-state index >= 15 is 0 Å². The summed E-state index contributed by atoms with van der Waals surface area (Å²) in [5.41, 5.74) is 3.71. The van der Waals surface area contributed by atoms with Crippen LogP contribution < -0.4 is 13.5 Å². The molecule has 0 N–H and O–H groups in total. The fraction of sp³-hybridized carbons (Fsp3) is 0.597. The van der Waals surface area contributed by atoms with Crippen LogP contribution in [0.1, 0.15) is 139 Å². The molecule has 4 aromatic rings. The van der Waals surface area contributed by atoms with Crippen molar-refractivity contribution in [3.05, 3.63) is 114 Å². The SMILES string of the molecule is CCC1O[C@@H](O[C@H]2C(CC)O[C@@H](CS(=O)(=O)Oc3cc(-c4ccc(O[Si](C)(C)C(C)(C)C)cc4)ccc3[C@@H]3[C@@H](CC[C@@H](O[Si](C)(C)C(C)(C)C)c4ccc(F)cc4)C(=O)N3c3ccccc3)C(C)[C@H]2C)C(C)[C@@H](C)[C@H]1C. The van der Waals surface area contributed by atoms with Crippen molar-refractivity contribution in [3.8, 4) is 22.6 Å². The number of nitrogens with zero attached hydrogens (tertiary/aromatic N) is 1. The van der Waals surface area contributed by atoms with Gasteiger partial charge in [-0.15, -0.1) is 0 Å². The van der Waals surface area contributed by atoms with Gasteiger partial charge in [-0.1, -0.05) is 145 Å². The van der Waals surface area contributed by atoms with Gasteiger partial charge in [-0.3, -0.25) is 4.79 Å². The van der Waals surface area contributed by atoms with Crippen molar-refractivity contribution in [1.82, 2.24) is 0 Å². The molecule has 1 amide bonds. The number of halogens is 1. The average molecular weight is 1100 g/mol. The Labute approximate surface area is 458 Å². The van der Waals surface area contributed by atoms with Gasteiger partial charge in [0.2, 0.25) is 14.2 Å². The lowest BCUT2D eigenvalue weighted by atomic mass is 9.77. The van der Waals surface area contributed by atoms with Crippen molar-refractivity contribution < 1.29 is 44.8 Å². The fourth-order valence-corrected chi connectivity index (χ4v) is 14.5. The summed E-state index contributed by atoms with van der Waals surface area (Å²) in [7, 11) is -8.83. The molecule has 0 saturated carbocycles. The first-order valence-corrected chi connectivity index (χ1v) is 35.5. The van der Waals surface area contributed by atoms with Crippen molar-refractivity contribution in [2.24, 2.45) is 35.5 Å². The highest BCUT2D eigenvalue weighted by atomic mass is 32.2. The highest BCUT2D eigenvalue weighted by Crippen LogP contribution is 2.51. The fourth-order valence-electron chi connectivity index (χ4n) is 10.9. The molecule has 418 valence electrons. The summed E-state index contributed by atoms with van der Waals surface area (Å²) in [6.07, 6.45) is 0.397. The lowest BCUT2D eigenvalue weighted by Gasteiger charge is -2.49. The van der Waals surface area contributed by atoms with E-state index in [1.807, 2.05) is 73.7 Å². The van der Waals surface area contributed by atoms with Crippen LogP contribution >= 0.6 is 0 Å². The van der Waals surface area contributed by atoms with Gasteiger partial charge in [-0.2, -0.15) is 8.42 Å². The number of β-lactam (4-membered cyclic amide) rings is 1. The number of amides is 1. The molecule has 10 nitrogen and oxygen atoms in total. The van der Waals surface area contributed by atoms with Crippen molar-refractivity contribution in [1.29, 1.82) is 0 Å². The molecule has 0 radical (unpaired) electrons. The lowest BCUT2D eigenvalue weighted by molar-refractivity contribution is -0.299. The molecular weight excluding hydrogens is 1010 g/mol. The first-order valence-electron chi connectivity index (χ1n) is 28.1. The van der Waals surface area contributed by atoms with Crippen molar-refractivity contribution in [2.75, 3.05) is 10.7 Å². The van der Waals surface area contributed by atoms with Crippen molar-refractivity contribution in [2.45, 2.75) is 195 Å². The quantitative estimate of drug-likeness (QED) is 0.0515. The maximum Gasteiger partial charge on any atom is 0.311 e. The van der Waals surface area contributed by atoms with Crippen LogP contribution in [-0.4, -0.2) is 67.4 Å². The van der Waals surface area contributed by atoms with Crippen LogP contribution in [0.4, 0.5) is 10.1 Å². The molecule has 3 aliphatic rings. The van der Waals surface area contributed by atoms with E-state index in [-0.39, 0.29) is 75.7 Å². The zero-order chi connectivity index (χ0) is 55.9. The summed E-state index contributed by atoms with van der Waals surface area (Å²) >= 11 is 0.